The maximum Gasteiger partial charge on any atom is 0.254 e. The van der Waals surface area contributed by atoms with Crippen molar-refractivity contribution in [3.8, 4) is 0 Å². The van der Waals surface area contributed by atoms with E-state index in [0.29, 0.717) is 15.6 Å². The zero-order valence-corrected chi connectivity index (χ0v) is 17.8. The van der Waals surface area contributed by atoms with Crippen LogP contribution in [0, 0.1) is 0 Å². The van der Waals surface area contributed by atoms with E-state index in [1.54, 1.807) is 6.07 Å². The van der Waals surface area contributed by atoms with Gasteiger partial charge in [-0.2, -0.15) is 0 Å². The monoisotopic (exact) mass is 442 g/mol. The number of aromatic amines is 1. The van der Waals surface area contributed by atoms with Crippen LogP contribution in [0.5, 0.6) is 0 Å². The second-order valence-corrected chi connectivity index (χ2v) is 8.58. The quantitative estimate of drug-likeness (QED) is 0.282. The Balaban J connectivity index is 1.76. The summed E-state index contributed by atoms with van der Waals surface area (Å²) < 4.78 is 0. The third kappa shape index (κ3) is 2.78. The summed E-state index contributed by atoms with van der Waals surface area (Å²) in [6.07, 6.45) is 0. The van der Waals surface area contributed by atoms with E-state index in [-0.39, 0.29) is 11.5 Å². The second-order valence-electron chi connectivity index (χ2n) is 7.77. The minimum atomic E-state index is -0.291. The van der Waals surface area contributed by atoms with Crippen molar-refractivity contribution in [1.82, 2.24) is 4.98 Å². The van der Waals surface area contributed by atoms with E-state index >= 15 is 0 Å². The number of pyridine rings is 1. The zero-order chi connectivity index (χ0) is 21.1. The largest absolute Gasteiger partial charge is 0.354 e. The van der Waals surface area contributed by atoms with Crippen LogP contribution < -0.4 is 10.9 Å². The van der Waals surface area contributed by atoms with Gasteiger partial charge in [-0.05, 0) is 46.2 Å². The lowest BCUT2D eigenvalue weighted by molar-refractivity contribution is 0.949. The van der Waals surface area contributed by atoms with E-state index in [4.69, 9.17) is 23.2 Å². The standard InChI is InChI=1S/C26H16Cl2N2O/c27-18-11-9-15(13-19(18)28)22-23-16-6-2-1-5-14(16)10-12-21(23)29-25-17-7-3-4-8-20(17)30-26(31)24(22)25/h1-13,22,29H,(H,30,31). The van der Waals surface area contributed by atoms with Gasteiger partial charge >= 0.3 is 0 Å². The Kier molecular flexibility index (Phi) is 4.10. The van der Waals surface area contributed by atoms with Gasteiger partial charge in [0, 0.05) is 17.0 Å². The van der Waals surface area contributed by atoms with Crippen LogP contribution in [0.25, 0.3) is 21.7 Å². The van der Waals surface area contributed by atoms with E-state index in [0.717, 1.165) is 44.2 Å². The van der Waals surface area contributed by atoms with Crippen LogP contribution >= 0.6 is 23.2 Å². The number of halogens is 2. The number of hydrogen-bond acceptors (Lipinski definition) is 2. The number of rotatable bonds is 1. The molecule has 31 heavy (non-hydrogen) atoms. The lowest BCUT2D eigenvalue weighted by Gasteiger charge is -2.31. The molecule has 1 unspecified atom stereocenters. The smallest absolute Gasteiger partial charge is 0.254 e. The summed E-state index contributed by atoms with van der Waals surface area (Å²) in [4.78, 5) is 16.5. The summed E-state index contributed by atoms with van der Waals surface area (Å²) in [6, 6.07) is 25.9. The predicted molar refractivity (Wildman–Crippen MR) is 129 cm³/mol. The maximum absolute atomic E-state index is 13.4. The Morgan fingerprint density at radius 1 is 0.742 bits per heavy atom. The third-order valence-electron chi connectivity index (χ3n) is 6.04. The Morgan fingerprint density at radius 3 is 2.35 bits per heavy atom. The number of aromatic nitrogens is 1. The molecule has 4 aromatic carbocycles. The molecule has 0 fully saturated rings. The van der Waals surface area contributed by atoms with Gasteiger partial charge in [-0.25, -0.2) is 0 Å². The van der Waals surface area contributed by atoms with E-state index < -0.39 is 0 Å². The zero-order valence-electron chi connectivity index (χ0n) is 16.2. The number of para-hydroxylation sites is 1. The fourth-order valence-corrected chi connectivity index (χ4v) is 4.99. The number of hydrogen-bond donors (Lipinski definition) is 2. The molecular formula is C26H16Cl2N2O. The Morgan fingerprint density at radius 2 is 1.52 bits per heavy atom. The Hall–Kier alpha value is -3.27. The van der Waals surface area contributed by atoms with Gasteiger partial charge < -0.3 is 10.3 Å². The van der Waals surface area contributed by atoms with Crippen molar-refractivity contribution >= 4 is 56.3 Å². The van der Waals surface area contributed by atoms with Crippen LogP contribution in [0.1, 0.15) is 22.6 Å². The molecule has 1 aliphatic rings. The predicted octanol–water partition coefficient (Wildman–Crippen LogP) is 7.23. The molecule has 1 aromatic heterocycles. The van der Waals surface area contributed by atoms with Gasteiger partial charge in [-0.3, -0.25) is 4.79 Å². The van der Waals surface area contributed by atoms with Gasteiger partial charge in [-0.1, -0.05) is 77.8 Å². The van der Waals surface area contributed by atoms with Crippen molar-refractivity contribution in [1.29, 1.82) is 0 Å². The summed E-state index contributed by atoms with van der Waals surface area (Å²) in [5.41, 5.74) is 5.17. The minimum absolute atomic E-state index is 0.115. The first-order valence-electron chi connectivity index (χ1n) is 10.0. The van der Waals surface area contributed by atoms with Crippen LogP contribution in [0.2, 0.25) is 10.0 Å². The molecule has 5 aromatic rings. The topological polar surface area (TPSA) is 44.9 Å². The third-order valence-corrected chi connectivity index (χ3v) is 6.78. The highest BCUT2D eigenvalue weighted by atomic mass is 35.5. The molecule has 0 bridgehead atoms. The van der Waals surface area contributed by atoms with Crippen molar-refractivity contribution < 1.29 is 0 Å². The molecule has 0 aliphatic carbocycles. The van der Waals surface area contributed by atoms with E-state index in [2.05, 4.69) is 34.6 Å². The molecule has 2 N–H and O–H groups in total. The molecule has 1 aliphatic heterocycles. The van der Waals surface area contributed by atoms with Crippen molar-refractivity contribution in [2.24, 2.45) is 0 Å². The highest BCUT2D eigenvalue weighted by Gasteiger charge is 2.32. The fourth-order valence-electron chi connectivity index (χ4n) is 4.69. The van der Waals surface area contributed by atoms with Gasteiger partial charge in [0.25, 0.3) is 5.56 Å². The normalized spacial score (nSPS) is 14.8. The Labute approximate surface area is 188 Å². The summed E-state index contributed by atoms with van der Waals surface area (Å²) in [6.45, 7) is 0. The molecule has 1 atom stereocenters. The van der Waals surface area contributed by atoms with Gasteiger partial charge in [0.1, 0.15) is 0 Å². The van der Waals surface area contributed by atoms with Gasteiger partial charge in [0.15, 0.2) is 0 Å². The first-order valence-corrected chi connectivity index (χ1v) is 10.8. The number of fused-ring (bicyclic) bond motifs is 6. The van der Waals surface area contributed by atoms with Gasteiger partial charge in [0.2, 0.25) is 0 Å². The van der Waals surface area contributed by atoms with Crippen LogP contribution in [0.3, 0.4) is 0 Å². The van der Waals surface area contributed by atoms with Crippen molar-refractivity contribution in [2.45, 2.75) is 5.92 Å². The highest BCUT2D eigenvalue weighted by Crippen LogP contribution is 2.48. The average molecular weight is 443 g/mol. The second kappa shape index (κ2) is 6.88. The number of anilines is 2. The van der Waals surface area contributed by atoms with Crippen LogP contribution in [-0.2, 0) is 0 Å². The lowest BCUT2D eigenvalue weighted by Crippen LogP contribution is -2.25. The molecule has 0 saturated heterocycles. The average Bonchev–Trinajstić information content (AvgIpc) is 2.79. The molecule has 3 nitrogen and oxygen atoms in total. The minimum Gasteiger partial charge on any atom is -0.354 e. The fraction of sp³-hybridized carbons (Fsp3) is 0.0385. The highest BCUT2D eigenvalue weighted by molar-refractivity contribution is 6.42. The van der Waals surface area contributed by atoms with Gasteiger partial charge in [0.05, 0.1) is 26.8 Å². The van der Waals surface area contributed by atoms with Crippen molar-refractivity contribution in [3.63, 3.8) is 0 Å². The summed E-state index contributed by atoms with van der Waals surface area (Å²) >= 11 is 12.6. The van der Waals surface area contributed by atoms with Crippen LogP contribution in [0.4, 0.5) is 11.4 Å². The summed E-state index contributed by atoms with van der Waals surface area (Å²) in [7, 11) is 0. The van der Waals surface area contributed by atoms with E-state index in [1.807, 2.05) is 48.5 Å². The Bertz CT molecular complexity index is 1570. The molecule has 6 rings (SSSR count). The molecule has 0 spiro atoms. The first kappa shape index (κ1) is 18.5. The van der Waals surface area contributed by atoms with E-state index in [9.17, 15) is 4.79 Å². The molecule has 0 amide bonds. The van der Waals surface area contributed by atoms with E-state index in [1.165, 1.54) is 0 Å². The molecule has 0 radical (unpaired) electrons. The number of benzene rings is 4. The van der Waals surface area contributed by atoms with Gasteiger partial charge in [-0.15, -0.1) is 0 Å². The van der Waals surface area contributed by atoms with Crippen LogP contribution in [0.15, 0.2) is 83.7 Å². The van der Waals surface area contributed by atoms with Crippen molar-refractivity contribution in [2.75, 3.05) is 5.32 Å². The van der Waals surface area contributed by atoms with Crippen LogP contribution in [-0.4, -0.2) is 4.98 Å². The summed E-state index contributed by atoms with van der Waals surface area (Å²) in [5.74, 6) is -0.291. The molecule has 2 heterocycles. The molecule has 150 valence electrons. The molecule has 0 saturated carbocycles. The maximum atomic E-state index is 13.4. The number of nitrogens with one attached hydrogen (secondary N) is 2. The molecular weight excluding hydrogens is 427 g/mol. The summed E-state index contributed by atoms with van der Waals surface area (Å²) in [5, 5.41) is 7.72. The first-order chi connectivity index (χ1) is 15.1. The lowest BCUT2D eigenvalue weighted by atomic mass is 9.79. The molecule has 5 heteroatoms. The number of H-pyrrole nitrogens is 1. The SMILES string of the molecule is O=c1[nH]c2ccccc2c2c1C(c1ccc(Cl)c(Cl)c1)c1c(ccc3ccccc13)N2. The van der Waals surface area contributed by atoms with Crippen molar-refractivity contribution in [3.05, 3.63) is 116 Å².